The zero-order chi connectivity index (χ0) is 25.2. The van der Waals surface area contributed by atoms with Crippen LogP contribution < -0.4 is 15.7 Å². The van der Waals surface area contributed by atoms with E-state index in [2.05, 4.69) is 5.32 Å². The van der Waals surface area contributed by atoms with Gasteiger partial charge in [-0.2, -0.15) is 0 Å². The molecule has 1 amide bonds. The maximum absolute atomic E-state index is 12.3. The Balaban J connectivity index is 1.29. The van der Waals surface area contributed by atoms with Crippen LogP contribution in [0.4, 0.5) is 0 Å². The standard InChI is InChI=1S/C25H25NO8S/c1-16-11-23(28)34-21-12-19(7-8-20(16)21)32-13-17-3-5-18(6-4-17)24(29)33-14-22(27)26-25(2)9-10-35(30,31)15-25/h3-8,11-12H,9-10,13-15H2,1-2H3,(H,26,27). The van der Waals surface area contributed by atoms with E-state index >= 15 is 0 Å². The quantitative estimate of drug-likeness (QED) is 0.388. The van der Waals surface area contributed by atoms with Crippen LogP contribution in [-0.2, 0) is 26.0 Å². The van der Waals surface area contributed by atoms with E-state index in [9.17, 15) is 22.8 Å². The SMILES string of the molecule is Cc1cc(=O)oc2cc(OCc3ccc(C(=O)OCC(=O)NC4(C)CCS(=O)(=O)C4)cc3)ccc12. The summed E-state index contributed by atoms with van der Waals surface area (Å²) in [6.07, 6.45) is 0.325. The third-order valence-electron chi connectivity index (χ3n) is 5.80. The number of fused-ring (bicyclic) bond motifs is 1. The lowest BCUT2D eigenvalue weighted by Gasteiger charge is -2.23. The zero-order valence-corrected chi connectivity index (χ0v) is 20.1. The van der Waals surface area contributed by atoms with Gasteiger partial charge in [0.05, 0.1) is 22.6 Å². The minimum atomic E-state index is -3.16. The number of hydrogen-bond donors (Lipinski definition) is 1. The van der Waals surface area contributed by atoms with Crippen LogP contribution in [-0.4, -0.2) is 43.9 Å². The van der Waals surface area contributed by atoms with E-state index < -0.39 is 39.5 Å². The highest BCUT2D eigenvalue weighted by Crippen LogP contribution is 2.24. The highest BCUT2D eigenvalue weighted by molar-refractivity contribution is 7.91. The fraction of sp³-hybridized carbons (Fsp3) is 0.320. The molecule has 1 aromatic heterocycles. The number of carbonyl (C=O) groups excluding carboxylic acids is 2. The third-order valence-corrected chi connectivity index (χ3v) is 7.70. The molecule has 1 atom stereocenters. The van der Waals surface area contributed by atoms with Crippen molar-refractivity contribution in [1.82, 2.24) is 5.32 Å². The number of esters is 1. The molecule has 184 valence electrons. The molecule has 1 saturated heterocycles. The Morgan fingerprint density at radius 1 is 1.11 bits per heavy atom. The van der Waals surface area contributed by atoms with Crippen molar-refractivity contribution in [3.8, 4) is 5.75 Å². The second kappa shape index (κ2) is 9.53. The smallest absolute Gasteiger partial charge is 0.338 e. The number of hydrogen-bond acceptors (Lipinski definition) is 8. The Labute approximate surface area is 202 Å². The third kappa shape index (κ3) is 6.07. The number of sulfone groups is 1. The summed E-state index contributed by atoms with van der Waals surface area (Å²) in [5.41, 5.74) is 1.05. The Morgan fingerprint density at radius 2 is 1.86 bits per heavy atom. The molecule has 1 fully saturated rings. The summed E-state index contributed by atoms with van der Waals surface area (Å²) < 4.78 is 39.4. The first kappa shape index (κ1) is 24.5. The molecule has 0 bridgehead atoms. The largest absolute Gasteiger partial charge is 0.489 e. The molecule has 0 saturated carbocycles. The van der Waals surface area contributed by atoms with Gasteiger partial charge in [0.25, 0.3) is 5.91 Å². The Morgan fingerprint density at radius 3 is 2.54 bits per heavy atom. The number of ether oxygens (including phenoxy) is 2. The fourth-order valence-electron chi connectivity index (χ4n) is 3.99. The van der Waals surface area contributed by atoms with E-state index in [1.54, 1.807) is 43.3 Å². The van der Waals surface area contributed by atoms with E-state index in [-0.39, 0.29) is 23.7 Å². The van der Waals surface area contributed by atoms with Crippen LogP contribution in [0.25, 0.3) is 11.0 Å². The van der Waals surface area contributed by atoms with E-state index in [1.807, 2.05) is 13.0 Å². The lowest BCUT2D eigenvalue weighted by Crippen LogP contribution is -2.48. The summed E-state index contributed by atoms with van der Waals surface area (Å²) in [7, 11) is -3.16. The van der Waals surface area contributed by atoms with Crippen molar-refractivity contribution >= 4 is 32.7 Å². The van der Waals surface area contributed by atoms with Gasteiger partial charge in [0.2, 0.25) is 0 Å². The predicted molar refractivity (Wildman–Crippen MR) is 128 cm³/mol. The summed E-state index contributed by atoms with van der Waals surface area (Å²) in [5, 5.41) is 3.47. The van der Waals surface area contributed by atoms with E-state index in [1.165, 1.54) is 6.07 Å². The lowest BCUT2D eigenvalue weighted by molar-refractivity contribution is -0.125. The topological polar surface area (TPSA) is 129 Å². The van der Waals surface area contributed by atoms with Crippen LogP contribution in [0.3, 0.4) is 0 Å². The summed E-state index contributed by atoms with van der Waals surface area (Å²) in [6, 6.07) is 13.2. The van der Waals surface area contributed by atoms with Gasteiger partial charge in [-0.25, -0.2) is 18.0 Å². The van der Waals surface area contributed by atoms with E-state index in [0.29, 0.717) is 17.8 Å². The Kier molecular flexibility index (Phi) is 6.66. The average Bonchev–Trinajstić information content (AvgIpc) is 3.08. The number of carbonyl (C=O) groups is 2. The number of nitrogens with one attached hydrogen (secondary N) is 1. The van der Waals surface area contributed by atoms with Crippen LogP contribution in [0.2, 0.25) is 0 Å². The number of aryl methyl sites for hydroxylation is 1. The average molecular weight is 500 g/mol. The molecule has 3 aromatic rings. The second-order valence-corrected chi connectivity index (χ2v) is 11.1. The molecule has 1 aliphatic heterocycles. The highest BCUT2D eigenvalue weighted by Gasteiger charge is 2.39. The monoisotopic (exact) mass is 499 g/mol. The van der Waals surface area contributed by atoms with E-state index in [0.717, 1.165) is 16.5 Å². The van der Waals surface area contributed by atoms with Crippen molar-refractivity contribution in [2.24, 2.45) is 0 Å². The molecule has 0 aliphatic carbocycles. The first-order valence-corrected chi connectivity index (χ1v) is 12.8. The molecule has 1 aliphatic rings. The predicted octanol–water partition coefficient (Wildman–Crippen LogP) is 2.53. The number of benzene rings is 2. The molecule has 35 heavy (non-hydrogen) atoms. The zero-order valence-electron chi connectivity index (χ0n) is 19.3. The normalized spacial score (nSPS) is 18.8. The molecule has 9 nitrogen and oxygen atoms in total. The summed E-state index contributed by atoms with van der Waals surface area (Å²) >= 11 is 0. The van der Waals surface area contributed by atoms with Gasteiger partial charge in [-0.05, 0) is 55.7 Å². The minimum Gasteiger partial charge on any atom is -0.489 e. The van der Waals surface area contributed by atoms with Gasteiger partial charge in [-0.1, -0.05) is 12.1 Å². The molecule has 2 aromatic carbocycles. The number of rotatable bonds is 7. The van der Waals surface area contributed by atoms with Gasteiger partial charge < -0.3 is 19.2 Å². The maximum atomic E-state index is 12.3. The molecule has 1 unspecified atom stereocenters. The summed E-state index contributed by atoms with van der Waals surface area (Å²) in [5.74, 6) is -0.793. The molecular formula is C25H25NO8S. The lowest BCUT2D eigenvalue weighted by atomic mass is 10.0. The molecule has 0 radical (unpaired) electrons. The minimum absolute atomic E-state index is 0.0244. The van der Waals surface area contributed by atoms with Crippen molar-refractivity contribution in [3.63, 3.8) is 0 Å². The van der Waals surface area contributed by atoms with Crippen LogP contribution in [0, 0.1) is 6.92 Å². The van der Waals surface area contributed by atoms with Crippen LogP contribution in [0.15, 0.2) is 57.7 Å². The van der Waals surface area contributed by atoms with Crippen molar-refractivity contribution < 1.29 is 31.9 Å². The maximum Gasteiger partial charge on any atom is 0.338 e. The highest BCUT2D eigenvalue weighted by atomic mass is 32.2. The van der Waals surface area contributed by atoms with Crippen molar-refractivity contribution in [1.29, 1.82) is 0 Å². The molecule has 2 heterocycles. The van der Waals surface area contributed by atoms with Crippen molar-refractivity contribution in [2.45, 2.75) is 32.4 Å². The van der Waals surface area contributed by atoms with Gasteiger partial charge in [0.1, 0.15) is 17.9 Å². The van der Waals surface area contributed by atoms with Gasteiger partial charge in [0, 0.05) is 17.5 Å². The first-order chi connectivity index (χ1) is 16.5. The van der Waals surface area contributed by atoms with Crippen LogP contribution >= 0.6 is 0 Å². The molecule has 0 spiro atoms. The summed E-state index contributed by atoms with van der Waals surface area (Å²) in [6.45, 7) is 3.21. The molecular weight excluding hydrogens is 474 g/mol. The molecule has 4 rings (SSSR count). The second-order valence-electron chi connectivity index (χ2n) is 8.92. The van der Waals surface area contributed by atoms with E-state index in [4.69, 9.17) is 13.9 Å². The van der Waals surface area contributed by atoms with Gasteiger partial charge >= 0.3 is 11.6 Å². The first-order valence-electron chi connectivity index (χ1n) is 11.0. The molecule has 10 heteroatoms. The van der Waals surface area contributed by atoms with Gasteiger partial charge in [-0.3, -0.25) is 4.79 Å². The summed E-state index contributed by atoms with van der Waals surface area (Å²) in [4.78, 5) is 36.0. The Hall–Kier alpha value is -3.66. The molecule has 1 N–H and O–H groups in total. The Bertz CT molecular complexity index is 1440. The van der Waals surface area contributed by atoms with Gasteiger partial charge in [0.15, 0.2) is 16.4 Å². The van der Waals surface area contributed by atoms with Crippen LogP contribution in [0.1, 0.15) is 34.8 Å². The van der Waals surface area contributed by atoms with Gasteiger partial charge in [-0.15, -0.1) is 0 Å². The fourth-order valence-corrected chi connectivity index (χ4v) is 6.09. The van der Waals surface area contributed by atoms with Crippen molar-refractivity contribution in [2.75, 3.05) is 18.1 Å². The van der Waals surface area contributed by atoms with Crippen molar-refractivity contribution in [3.05, 3.63) is 75.6 Å². The number of amides is 1. The van der Waals surface area contributed by atoms with Crippen LogP contribution in [0.5, 0.6) is 5.75 Å².